The molecular formula is C14H20N2O4S. The summed E-state index contributed by atoms with van der Waals surface area (Å²) in [6.07, 6.45) is 0.620. The fraction of sp³-hybridized carbons (Fsp3) is 0.500. The van der Waals surface area contributed by atoms with E-state index in [0.717, 1.165) is 11.3 Å². The van der Waals surface area contributed by atoms with Crippen LogP contribution in [0, 0.1) is 5.92 Å². The Morgan fingerprint density at radius 1 is 1.33 bits per heavy atom. The van der Waals surface area contributed by atoms with E-state index >= 15 is 0 Å². The Hall–Kier alpha value is -1.76. The van der Waals surface area contributed by atoms with Crippen molar-refractivity contribution in [3.63, 3.8) is 0 Å². The molecule has 1 aliphatic heterocycles. The van der Waals surface area contributed by atoms with Crippen LogP contribution < -0.4 is 15.4 Å². The van der Waals surface area contributed by atoms with Crippen LogP contribution in [0.2, 0.25) is 0 Å². The second kappa shape index (κ2) is 6.80. The van der Waals surface area contributed by atoms with Gasteiger partial charge in [0.2, 0.25) is 0 Å². The summed E-state index contributed by atoms with van der Waals surface area (Å²) >= 11 is 0. The minimum absolute atomic E-state index is 0.0204. The number of para-hydroxylation sites is 1. The van der Waals surface area contributed by atoms with Crippen LogP contribution >= 0.6 is 0 Å². The van der Waals surface area contributed by atoms with E-state index in [2.05, 4.69) is 10.6 Å². The average Bonchev–Trinajstić information content (AvgIpc) is 2.82. The zero-order chi connectivity index (χ0) is 15.3. The molecule has 21 heavy (non-hydrogen) atoms. The van der Waals surface area contributed by atoms with Crippen molar-refractivity contribution in [1.82, 2.24) is 10.6 Å². The zero-order valence-electron chi connectivity index (χ0n) is 12.0. The fourth-order valence-corrected chi connectivity index (χ4v) is 4.22. The topological polar surface area (TPSA) is 84.5 Å². The largest absolute Gasteiger partial charge is 0.496 e. The van der Waals surface area contributed by atoms with Crippen molar-refractivity contribution < 1.29 is 17.9 Å². The third kappa shape index (κ3) is 4.63. The zero-order valence-corrected chi connectivity index (χ0v) is 12.8. The van der Waals surface area contributed by atoms with Crippen molar-refractivity contribution in [1.29, 1.82) is 0 Å². The van der Waals surface area contributed by atoms with E-state index in [0.29, 0.717) is 19.5 Å². The Morgan fingerprint density at radius 3 is 2.76 bits per heavy atom. The lowest BCUT2D eigenvalue weighted by Gasteiger charge is -2.12. The Kier molecular flexibility index (Phi) is 5.06. The number of carbonyl (C=O) groups is 1. The van der Waals surface area contributed by atoms with Crippen LogP contribution in [-0.2, 0) is 16.4 Å². The fourth-order valence-electron chi connectivity index (χ4n) is 2.36. The highest BCUT2D eigenvalue weighted by molar-refractivity contribution is 7.91. The predicted molar refractivity (Wildman–Crippen MR) is 80.0 cm³/mol. The lowest BCUT2D eigenvalue weighted by atomic mass is 10.1. The summed E-state index contributed by atoms with van der Waals surface area (Å²) in [7, 11) is -1.31. The molecule has 0 bridgehead atoms. The van der Waals surface area contributed by atoms with Gasteiger partial charge in [0.15, 0.2) is 9.84 Å². The smallest absolute Gasteiger partial charge is 0.315 e. The van der Waals surface area contributed by atoms with Crippen molar-refractivity contribution in [2.45, 2.75) is 13.0 Å². The lowest BCUT2D eigenvalue weighted by molar-refractivity contribution is 0.239. The Balaban J connectivity index is 1.75. The van der Waals surface area contributed by atoms with Crippen molar-refractivity contribution in [3.05, 3.63) is 29.8 Å². The number of nitrogens with one attached hydrogen (secondary N) is 2. The third-order valence-corrected chi connectivity index (χ3v) is 5.35. The molecule has 0 radical (unpaired) electrons. The normalized spacial score (nSPS) is 20.0. The van der Waals surface area contributed by atoms with Gasteiger partial charge in [0.25, 0.3) is 0 Å². The Morgan fingerprint density at radius 2 is 2.10 bits per heavy atom. The van der Waals surface area contributed by atoms with Crippen molar-refractivity contribution >= 4 is 15.9 Å². The highest BCUT2D eigenvalue weighted by Crippen LogP contribution is 2.18. The number of methoxy groups -OCH3 is 1. The number of sulfone groups is 1. The Labute approximate surface area is 124 Å². The van der Waals surface area contributed by atoms with Crippen LogP contribution in [0.4, 0.5) is 4.79 Å². The third-order valence-electron chi connectivity index (χ3n) is 3.51. The highest BCUT2D eigenvalue weighted by atomic mass is 32.2. The van der Waals surface area contributed by atoms with Crippen LogP contribution in [0.25, 0.3) is 0 Å². The monoisotopic (exact) mass is 312 g/mol. The number of urea groups is 1. The molecule has 7 heteroatoms. The van der Waals surface area contributed by atoms with E-state index < -0.39 is 9.84 Å². The maximum absolute atomic E-state index is 11.7. The molecule has 1 aliphatic rings. The summed E-state index contributed by atoms with van der Waals surface area (Å²) in [5.41, 5.74) is 0.888. The van der Waals surface area contributed by atoms with Gasteiger partial charge in [-0.2, -0.15) is 0 Å². The molecule has 1 unspecified atom stereocenters. The van der Waals surface area contributed by atoms with Crippen LogP contribution in [-0.4, -0.2) is 39.6 Å². The van der Waals surface area contributed by atoms with Crippen molar-refractivity contribution in [3.8, 4) is 5.75 Å². The summed E-state index contributed by atoms with van der Waals surface area (Å²) in [5, 5.41) is 5.45. The van der Waals surface area contributed by atoms with Gasteiger partial charge in [-0.05, 0) is 18.4 Å². The predicted octanol–water partition coefficient (Wildman–Crippen LogP) is 0.929. The standard InChI is InChI=1S/C14H20N2O4S/c1-20-13-5-3-2-4-12(13)9-16-14(17)15-8-11-6-7-21(18,19)10-11/h2-5,11H,6-10H2,1H3,(H2,15,16,17). The van der Waals surface area contributed by atoms with Gasteiger partial charge in [-0.15, -0.1) is 0 Å². The maximum atomic E-state index is 11.7. The van der Waals surface area contributed by atoms with Crippen LogP contribution in [0.1, 0.15) is 12.0 Å². The number of hydrogen-bond donors (Lipinski definition) is 2. The van der Waals surface area contributed by atoms with E-state index in [-0.39, 0.29) is 23.5 Å². The van der Waals surface area contributed by atoms with Crippen molar-refractivity contribution in [2.24, 2.45) is 5.92 Å². The minimum Gasteiger partial charge on any atom is -0.496 e. The quantitative estimate of drug-likeness (QED) is 0.847. The molecule has 1 heterocycles. The second-order valence-electron chi connectivity index (χ2n) is 5.14. The molecule has 1 aromatic rings. The summed E-state index contributed by atoms with van der Waals surface area (Å²) in [6.45, 7) is 0.746. The molecule has 1 saturated heterocycles. The van der Waals surface area contributed by atoms with E-state index in [9.17, 15) is 13.2 Å². The van der Waals surface area contributed by atoms with E-state index in [1.54, 1.807) is 7.11 Å². The molecule has 116 valence electrons. The van der Waals surface area contributed by atoms with Crippen molar-refractivity contribution in [2.75, 3.05) is 25.2 Å². The first-order chi connectivity index (χ1) is 10.00. The maximum Gasteiger partial charge on any atom is 0.315 e. The average molecular weight is 312 g/mol. The van der Waals surface area contributed by atoms with Gasteiger partial charge in [0.1, 0.15) is 5.75 Å². The Bertz CT molecular complexity index is 601. The number of carbonyl (C=O) groups excluding carboxylic acids is 1. The van der Waals surface area contributed by atoms with E-state index in [1.165, 1.54) is 0 Å². The minimum atomic E-state index is -2.90. The van der Waals surface area contributed by atoms with Gasteiger partial charge in [-0.3, -0.25) is 0 Å². The van der Waals surface area contributed by atoms with Gasteiger partial charge < -0.3 is 15.4 Å². The van der Waals surface area contributed by atoms with E-state index in [4.69, 9.17) is 4.74 Å². The summed E-state index contributed by atoms with van der Waals surface area (Å²) < 4.78 is 27.9. The number of amides is 2. The highest BCUT2D eigenvalue weighted by Gasteiger charge is 2.27. The first-order valence-corrected chi connectivity index (χ1v) is 8.66. The van der Waals surface area contributed by atoms with Gasteiger partial charge in [0.05, 0.1) is 18.6 Å². The SMILES string of the molecule is COc1ccccc1CNC(=O)NCC1CCS(=O)(=O)C1. The molecule has 6 nitrogen and oxygen atoms in total. The van der Waals surface area contributed by atoms with Crippen LogP contribution in [0.5, 0.6) is 5.75 Å². The molecule has 2 amide bonds. The van der Waals surface area contributed by atoms with Gasteiger partial charge in [-0.1, -0.05) is 18.2 Å². The molecule has 1 aromatic carbocycles. The number of rotatable bonds is 5. The molecule has 1 fully saturated rings. The summed E-state index contributed by atoms with van der Waals surface area (Å²) in [5.74, 6) is 1.13. The molecule has 0 aliphatic carbocycles. The number of ether oxygens (including phenoxy) is 1. The van der Waals surface area contributed by atoms with Gasteiger partial charge >= 0.3 is 6.03 Å². The first kappa shape index (κ1) is 15.6. The summed E-state index contributed by atoms with van der Waals surface area (Å²) in [6, 6.07) is 7.15. The molecule has 0 spiro atoms. The molecule has 0 saturated carbocycles. The summed E-state index contributed by atoms with van der Waals surface area (Å²) in [4.78, 5) is 11.7. The molecule has 2 rings (SSSR count). The second-order valence-corrected chi connectivity index (χ2v) is 7.37. The van der Waals surface area contributed by atoms with E-state index in [1.807, 2.05) is 24.3 Å². The first-order valence-electron chi connectivity index (χ1n) is 6.84. The van der Waals surface area contributed by atoms with Crippen LogP contribution in [0.15, 0.2) is 24.3 Å². The molecule has 2 N–H and O–H groups in total. The number of hydrogen-bond acceptors (Lipinski definition) is 4. The molecule has 1 atom stereocenters. The number of benzene rings is 1. The molecular weight excluding hydrogens is 292 g/mol. The lowest BCUT2D eigenvalue weighted by Crippen LogP contribution is -2.38. The van der Waals surface area contributed by atoms with Gasteiger partial charge in [-0.25, -0.2) is 13.2 Å². The molecule has 0 aromatic heterocycles. The van der Waals surface area contributed by atoms with Gasteiger partial charge in [0, 0.05) is 18.7 Å². The van der Waals surface area contributed by atoms with Crippen LogP contribution in [0.3, 0.4) is 0 Å².